The Balaban J connectivity index is 2.48. The first-order chi connectivity index (χ1) is 7.18. The molecule has 0 saturated carbocycles. The molecule has 0 amide bonds. The van der Waals surface area contributed by atoms with Crippen LogP contribution in [0.25, 0.3) is 5.69 Å². The van der Waals surface area contributed by atoms with Gasteiger partial charge in [0.1, 0.15) is 11.4 Å². The van der Waals surface area contributed by atoms with Crippen LogP contribution in [0, 0.1) is 0 Å². The van der Waals surface area contributed by atoms with Gasteiger partial charge in [0.15, 0.2) is 0 Å². The highest BCUT2D eigenvalue weighted by molar-refractivity contribution is 5.88. The molecule has 0 fully saturated rings. The zero-order valence-electron chi connectivity index (χ0n) is 7.66. The third-order valence-corrected chi connectivity index (χ3v) is 1.97. The number of aromatic carboxylic acids is 1. The average Bonchev–Trinajstić information content (AvgIpc) is 2.70. The van der Waals surface area contributed by atoms with Gasteiger partial charge in [-0.2, -0.15) is 5.10 Å². The Labute approximate surface area is 85.2 Å². The normalized spacial score (nSPS) is 10.1. The largest absolute Gasteiger partial charge is 0.506 e. The van der Waals surface area contributed by atoms with E-state index >= 15 is 0 Å². The van der Waals surface area contributed by atoms with Gasteiger partial charge >= 0.3 is 5.97 Å². The Hall–Kier alpha value is -2.30. The number of aromatic nitrogens is 2. The first kappa shape index (κ1) is 9.26. The molecule has 0 aliphatic carbocycles. The predicted octanol–water partition coefficient (Wildman–Crippen LogP) is 1.28. The number of carbonyl (C=O) groups is 1. The van der Waals surface area contributed by atoms with Gasteiger partial charge in [-0.1, -0.05) is 0 Å². The van der Waals surface area contributed by atoms with E-state index in [-0.39, 0.29) is 11.3 Å². The summed E-state index contributed by atoms with van der Waals surface area (Å²) in [5.74, 6) is -1.18. The van der Waals surface area contributed by atoms with Crippen LogP contribution in [0.3, 0.4) is 0 Å². The SMILES string of the molecule is O=C(O)c1ccc(-n2cccn2)c(O)c1. The van der Waals surface area contributed by atoms with Crippen LogP contribution in [0.2, 0.25) is 0 Å². The van der Waals surface area contributed by atoms with Crippen molar-refractivity contribution < 1.29 is 15.0 Å². The molecule has 5 heteroatoms. The molecule has 0 radical (unpaired) electrons. The van der Waals surface area contributed by atoms with Crippen LogP contribution in [-0.4, -0.2) is 26.0 Å². The van der Waals surface area contributed by atoms with E-state index in [1.807, 2.05) is 0 Å². The Bertz CT molecular complexity index is 491. The lowest BCUT2D eigenvalue weighted by Gasteiger charge is -2.04. The number of phenols is 1. The maximum absolute atomic E-state index is 10.6. The van der Waals surface area contributed by atoms with E-state index in [0.29, 0.717) is 5.69 Å². The molecule has 2 aromatic rings. The summed E-state index contributed by atoms with van der Waals surface area (Å²) in [6.07, 6.45) is 3.24. The van der Waals surface area contributed by atoms with Crippen LogP contribution in [0.4, 0.5) is 0 Å². The quantitative estimate of drug-likeness (QED) is 0.772. The van der Waals surface area contributed by atoms with Crippen LogP contribution in [-0.2, 0) is 0 Å². The number of rotatable bonds is 2. The third kappa shape index (κ3) is 1.67. The van der Waals surface area contributed by atoms with Crippen molar-refractivity contribution in [1.82, 2.24) is 9.78 Å². The van der Waals surface area contributed by atoms with Crippen molar-refractivity contribution in [3.05, 3.63) is 42.2 Å². The number of nitrogens with zero attached hydrogens (tertiary/aromatic N) is 2. The lowest BCUT2D eigenvalue weighted by atomic mass is 10.2. The van der Waals surface area contributed by atoms with E-state index in [1.54, 1.807) is 18.5 Å². The second-order valence-corrected chi connectivity index (χ2v) is 2.96. The highest BCUT2D eigenvalue weighted by Crippen LogP contribution is 2.22. The standard InChI is InChI=1S/C10H8N2O3/c13-9-6-7(10(14)15)2-3-8(9)12-5-1-4-11-12/h1-6,13H,(H,14,15). The predicted molar refractivity (Wildman–Crippen MR) is 52.2 cm³/mol. The second kappa shape index (κ2) is 3.45. The molecule has 0 saturated heterocycles. The zero-order valence-corrected chi connectivity index (χ0v) is 7.66. The summed E-state index contributed by atoms with van der Waals surface area (Å²) >= 11 is 0. The molecule has 5 nitrogen and oxygen atoms in total. The summed E-state index contributed by atoms with van der Waals surface area (Å²) in [6.45, 7) is 0. The van der Waals surface area contributed by atoms with Gasteiger partial charge < -0.3 is 10.2 Å². The Morgan fingerprint density at radius 1 is 1.40 bits per heavy atom. The summed E-state index contributed by atoms with van der Waals surface area (Å²) in [4.78, 5) is 10.6. The second-order valence-electron chi connectivity index (χ2n) is 2.96. The van der Waals surface area contributed by atoms with Crippen molar-refractivity contribution in [2.45, 2.75) is 0 Å². The summed E-state index contributed by atoms with van der Waals surface area (Å²) in [6, 6.07) is 5.83. The van der Waals surface area contributed by atoms with Crippen LogP contribution < -0.4 is 0 Å². The smallest absolute Gasteiger partial charge is 0.335 e. The average molecular weight is 204 g/mol. The van der Waals surface area contributed by atoms with Crippen molar-refractivity contribution >= 4 is 5.97 Å². The van der Waals surface area contributed by atoms with Crippen molar-refractivity contribution in [3.63, 3.8) is 0 Å². The molecule has 0 spiro atoms. The zero-order chi connectivity index (χ0) is 10.8. The number of carboxylic acids is 1. The van der Waals surface area contributed by atoms with E-state index in [0.717, 1.165) is 0 Å². The third-order valence-electron chi connectivity index (χ3n) is 1.97. The molecule has 76 valence electrons. The number of aromatic hydroxyl groups is 1. The number of carboxylic acid groups (broad SMARTS) is 1. The van der Waals surface area contributed by atoms with Crippen LogP contribution in [0.1, 0.15) is 10.4 Å². The summed E-state index contributed by atoms with van der Waals surface area (Å²) in [5.41, 5.74) is 0.494. The van der Waals surface area contributed by atoms with Crippen molar-refractivity contribution in [1.29, 1.82) is 0 Å². The highest BCUT2D eigenvalue weighted by Gasteiger charge is 2.08. The molecule has 0 aliphatic heterocycles. The molecule has 0 bridgehead atoms. The van der Waals surface area contributed by atoms with Crippen molar-refractivity contribution in [3.8, 4) is 11.4 Å². The van der Waals surface area contributed by atoms with Gasteiger partial charge in [-0.15, -0.1) is 0 Å². The first-order valence-corrected chi connectivity index (χ1v) is 4.25. The maximum Gasteiger partial charge on any atom is 0.335 e. The molecule has 2 N–H and O–H groups in total. The van der Waals surface area contributed by atoms with E-state index < -0.39 is 5.97 Å². The fraction of sp³-hybridized carbons (Fsp3) is 0. The van der Waals surface area contributed by atoms with Gasteiger partial charge in [0.25, 0.3) is 0 Å². The molecule has 0 atom stereocenters. The molecule has 2 rings (SSSR count). The van der Waals surface area contributed by atoms with E-state index in [9.17, 15) is 9.90 Å². The molecule has 1 aromatic heterocycles. The molecule has 1 heterocycles. The minimum atomic E-state index is -1.07. The van der Waals surface area contributed by atoms with E-state index in [1.165, 1.54) is 22.9 Å². The number of hydrogen-bond donors (Lipinski definition) is 2. The van der Waals surface area contributed by atoms with Crippen LogP contribution >= 0.6 is 0 Å². The van der Waals surface area contributed by atoms with Gasteiger partial charge in [-0.3, -0.25) is 0 Å². The minimum absolute atomic E-state index is 0.0448. The highest BCUT2D eigenvalue weighted by atomic mass is 16.4. The summed E-state index contributed by atoms with van der Waals surface area (Å²) in [7, 11) is 0. The van der Waals surface area contributed by atoms with Gasteiger partial charge in [-0.25, -0.2) is 9.48 Å². The summed E-state index contributed by atoms with van der Waals surface area (Å²) < 4.78 is 1.46. The van der Waals surface area contributed by atoms with Gasteiger partial charge in [0.2, 0.25) is 0 Å². The van der Waals surface area contributed by atoms with Crippen LogP contribution in [0.15, 0.2) is 36.7 Å². The molecule has 0 unspecified atom stereocenters. The topological polar surface area (TPSA) is 75.3 Å². The number of phenolic OH excluding ortho intramolecular Hbond substituents is 1. The maximum atomic E-state index is 10.6. The Kier molecular flexibility index (Phi) is 2.13. The lowest BCUT2D eigenvalue weighted by molar-refractivity contribution is 0.0696. The number of hydrogen-bond acceptors (Lipinski definition) is 3. The molecular weight excluding hydrogens is 196 g/mol. The van der Waals surface area contributed by atoms with E-state index in [2.05, 4.69) is 5.10 Å². The fourth-order valence-electron chi connectivity index (χ4n) is 1.26. The Morgan fingerprint density at radius 3 is 2.73 bits per heavy atom. The lowest BCUT2D eigenvalue weighted by Crippen LogP contribution is -1.99. The summed E-state index contributed by atoms with van der Waals surface area (Å²) in [5, 5.41) is 22.2. The molecule has 1 aromatic carbocycles. The first-order valence-electron chi connectivity index (χ1n) is 4.25. The van der Waals surface area contributed by atoms with Crippen molar-refractivity contribution in [2.75, 3.05) is 0 Å². The van der Waals surface area contributed by atoms with E-state index in [4.69, 9.17) is 5.11 Å². The monoisotopic (exact) mass is 204 g/mol. The molecule has 15 heavy (non-hydrogen) atoms. The van der Waals surface area contributed by atoms with Crippen molar-refractivity contribution in [2.24, 2.45) is 0 Å². The van der Waals surface area contributed by atoms with Crippen LogP contribution in [0.5, 0.6) is 5.75 Å². The van der Waals surface area contributed by atoms with Gasteiger partial charge in [0, 0.05) is 12.4 Å². The van der Waals surface area contributed by atoms with Gasteiger partial charge in [0.05, 0.1) is 5.56 Å². The van der Waals surface area contributed by atoms with Gasteiger partial charge in [-0.05, 0) is 24.3 Å². The molecular formula is C10H8N2O3. The molecule has 0 aliphatic rings. The Morgan fingerprint density at radius 2 is 2.20 bits per heavy atom. The minimum Gasteiger partial charge on any atom is -0.506 e. The number of benzene rings is 1. The fourth-order valence-corrected chi connectivity index (χ4v) is 1.26.